The van der Waals surface area contributed by atoms with Crippen molar-refractivity contribution in [2.45, 2.75) is 6.92 Å². The average molecular weight is 360 g/mol. The molecule has 5 nitrogen and oxygen atoms in total. The van der Waals surface area contributed by atoms with Gasteiger partial charge in [-0.05, 0) is 43.0 Å². The van der Waals surface area contributed by atoms with Gasteiger partial charge in [-0.15, -0.1) is 0 Å². The molecule has 3 rings (SSSR count). The number of likely N-dealkylation sites (N-methyl/N-ethyl adjacent to an activating group) is 1. The second kappa shape index (κ2) is 7.07. The average Bonchev–Trinajstić information content (AvgIpc) is 2.87. The second-order valence-electron chi connectivity index (χ2n) is 4.93. The van der Waals surface area contributed by atoms with E-state index in [-0.39, 0.29) is 16.8 Å². The van der Waals surface area contributed by atoms with E-state index in [0.29, 0.717) is 27.9 Å². The van der Waals surface area contributed by atoms with Crippen molar-refractivity contribution in [3.8, 4) is 5.75 Å². The van der Waals surface area contributed by atoms with Gasteiger partial charge in [0.25, 0.3) is 5.91 Å². The number of aromatic hydroxyl groups is 1. The van der Waals surface area contributed by atoms with Gasteiger partial charge in [0, 0.05) is 18.3 Å². The lowest BCUT2D eigenvalue weighted by Crippen LogP contribution is -2.28. The van der Waals surface area contributed by atoms with E-state index in [1.807, 2.05) is 6.92 Å². The van der Waals surface area contributed by atoms with Crippen LogP contribution in [0.25, 0.3) is 6.08 Å². The lowest BCUT2D eigenvalue weighted by molar-refractivity contribution is -0.122. The number of amidine groups is 1. The molecule has 7 heteroatoms. The van der Waals surface area contributed by atoms with Gasteiger partial charge in [0.05, 0.1) is 4.91 Å². The highest BCUT2D eigenvalue weighted by molar-refractivity contribution is 8.18. The van der Waals surface area contributed by atoms with Crippen LogP contribution in [0.15, 0.2) is 52.5 Å². The number of thioether (sulfide) groups is 1. The van der Waals surface area contributed by atoms with Crippen molar-refractivity contribution in [2.24, 2.45) is 4.99 Å². The number of amides is 1. The molecule has 2 aromatic rings. The van der Waals surface area contributed by atoms with Crippen LogP contribution in [0, 0.1) is 0 Å². The third-order valence-corrected chi connectivity index (χ3v) is 4.68. The van der Waals surface area contributed by atoms with E-state index in [1.165, 1.54) is 11.8 Å². The monoisotopic (exact) mass is 359 g/mol. The molecule has 2 heterocycles. The summed E-state index contributed by atoms with van der Waals surface area (Å²) in [7, 11) is 0. The van der Waals surface area contributed by atoms with Gasteiger partial charge < -0.3 is 5.11 Å². The van der Waals surface area contributed by atoms with Crippen LogP contribution in [0.1, 0.15) is 12.5 Å². The van der Waals surface area contributed by atoms with Crippen LogP contribution in [-0.4, -0.2) is 32.6 Å². The van der Waals surface area contributed by atoms with Gasteiger partial charge in [-0.2, -0.15) is 0 Å². The van der Waals surface area contributed by atoms with Crippen LogP contribution in [0.5, 0.6) is 5.75 Å². The van der Waals surface area contributed by atoms with E-state index in [0.717, 1.165) is 0 Å². The van der Waals surface area contributed by atoms with Crippen LogP contribution in [0.2, 0.25) is 5.15 Å². The zero-order valence-electron chi connectivity index (χ0n) is 12.8. The fourth-order valence-corrected chi connectivity index (χ4v) is 3.39. The Morgan fingerprint density at radius 2 is 2.12 bits per heavy atom. The minimum Gasteiger partial charge on any atom is -0.507 e. The summed E-state index contributed by atoms with van der Waals surface area (Å²) >= 11 is 7.29. The fourth-order valence-electron chi connectivity index (χ4n) is 2.19. The van der Waals surface area contributed by atoms with E-state index in [2.05, 4.69) is 9.98 Å². The summed E-state index contributed by atoms with van der Waals surface area (Å²) < 4.78 is 0. The Morgan fingerprint density at radius 1 is 1.33 bits per heavy atom. The van der Waals surface area contributed by atoms with Gasteiger partial charge >= 0.3 is 0 Å². The molecule has 1 saturated heterocycles. The van der Waals surface area contributed by atoms with E-state index < -0.39 is 0 Å². The number of aromatic nitrogens is 1. The number of phenolic OH excluding ortho intramolecular Hbond substituents is 1. The van der Waals surface area contributed by atoms with Crippen molar-refractivity contribution in [2.75, 3.05) is 6.54 Å². The molecule has 0 saturated carbocycles. The van der Waals surface area contributed by atoms with Crippen molar-refractivity contribution in [1.82, 2.24) is 9.88 Å². The molecule has 1 amide bonds. The van der Waals surface area contributed by atoms with Crippen molar-refractivity contribution in [3.05, 3.63) is 58.2 Å². The van der Waals surface area contributed by atoms with Crippen molar-refractivity contribution in [3.63, 3.8) is 0 Å². The largest absolute Gasteiger partial charge is 0.507 e. The number of nitrogens with zero attached hydrogens (tertiary/aromatic N) is 3. The van der Waals surface area contributed by atoms with Gasteiger partial charge in [0.15, 0.2) is 10.3 Å². The van der Waals surface area contributed by atoms with Crippen molar-refractivity contribution < 1.29 is 9.90 Å². The minimum atomic E-state index is -0.149. The Labute approximate surface area is 148 Å². The number of hydrogen-bond acceptors (Lipinski definition) is 5. The Bertz CT molecular complexity index is 851. The van der Waals surface area contributed by atoms with Crippen LogP contribution >= 0.6 is 23.4 Å². The lowest BCUT2D eigenvalue weighted by atomic mass is 10.2. The summed E-state index contributed by atoms with van der Waals surface area (Å²) in [5, 5.41) is 10.7. The molecule has 1 fully saturated rings. The smallest absolute Gasteiger partial charge is 0.266 e. The molecule has 0 radical (unpaired) electrons. The molecule has 1 aliphatic rings. The summed E-state index contributed by atoms with van der Waals surface area (Å²) in [6, 6.07) is 10.3. The summed E-state index contributed by atoms with van der Waals surface area (Å²) in [5.41, 5.74) is 1.10. The molecule has 1 N–H and O–H groups in total. The first-order valence-corrected chi connectivity index (χ1v) is 8.48. The lowest BCUT2D eigenvalue weighted by Gasteiger charge is -2.12. The zero-order valence-corrected chi connectivity index (χ0v) is 14.4. The van der Waals surface area contributed by atoms with E-state index in [1.54, 1.807) is 53.6 Å². The summed E-state index contributed by atoms with van der Waals surface area (Å²) in [5.74, 6) is -0.0216. The number of benzene rings is 1. The number of para-hydroxylation sites is 1. The predicted molar refractivity (Wildman–Crippen MR) is 97.4 cm³/mol. The van der Waals surface area contributed by atoms with E-state index in [4.69, 9.17) is 11.6 Å². The summed E-state index contributed by atoms with van der Waals surface area (Å²) in [6.45, 7) is 2.36. The van der Waals surface area contributed by atoms with Crippen LogP contribution in [0.4, 0.5) is 5.69 Å². The standard InChI is InChI=1S/C17H14ClN3O2S/c1-2-21-16(23)14(10-11-6-3-4-8-13(11)22)24-17(21)20-12-7-5-9-19-15(12)18/h3-10,22H,2H2,1H3/b14-10-,20-17?. The number of hydrogen-bond donors (Lipinski definition) is 1. The predicted octanol–water partition coefficient (Wildman–Crippen LogP) is 4.06. The number of pyridine rings is 1. The summed E-state index contributed by atoms with van der Waals surface area (Å²) in [4.78, 5) is 23.1. The van der Waals surface area contributed by atoms with Crippen molar-refractivity contribution >= 4 is 46.2 Å². The first kappa shape index (κ1) is 16.5. The highest BCUT2D eigenvalue weighted by atomic mass is 35.5. The van der Waals surface area contributed by atoms with Gasteiger partial charge in [-0.25, -0.2) is 9.98 Å². The third kappa shape index (κ3) is 3.29. The quantitative estimate of drug-likeness (QED) is 0.662. The number of aliphatic imine (C=N–C) groups is 1. The van der Waals surface area contributed by atoms with Crippen LogP contribution in [0.3, 0.4) is 0 Å². The topological polar surface area (TPSA) is 65.8 Å². The number of rotatable bonds is 3. The first-order chi connectivity index (χ1) is 11.6. The molecule has 1 aliphatic heterocycles. The van der Waals surface area contributed by atoms with Gasteiger partial charge in [-0.3, -0.25) is 9.69 Å². The molecule has 1 aromatic heterocycles. The number of carbonyl (C=O) groups is 1. The molecule has 122 valence electrons. The van der Waals surface area contributed by atoms with Gasteiger partial charge in [-0.1, -0.05) is 29.8 Å². The molecular weight excluding hydrogens is 346 g/mol. The van der Waals surface area contributed by atoms with Gasteiger partial charge in [0.2, 0.25) is 0 Å². The Morgan fingerprint density at radius 3 is 2.83 bits per heavy atom. The third-order valence-electron chi connectivity index (χ3n) is 3.38. The Balaban J connectivity index is 1.98. The number of phenols is 1. The molecule has 0 atom stereocenters. The Hall–Kier alpha value is -2.31. The molecule has 0 aliphatic carbocycles. The van der Waals surface area contributed by atoms with Crippen LogP contribution < -0.4 is 0 Å². The first-order valence-electron chi connectivity index (χ1n) is 7.28. The maximum absolute atomic E-state index is 12.6. The highest BCUT2D eigenvalue weighted by Crippen LogP contribution is 2.36. The second-order valence-corrected chi connectivity index (χ2v) is 6.29. The number of halogens is 1. The molecular formula is C17H14ClN3O2S. The Kier molecular flexibility index (Phi) is 4.87. The minimum absolute atomic E-state index is 0.127. The van der Waals surface area contributed by atoms with E-state index in [9.17, 15) is 9.90 Å². The van der Waals surface area contributed by atoms with Crippen molar-refractivity contribution in [1.29, 1.82) is 0 Å². The van der Waals surface area contributed by atoms with Crippen LogP contribution in [-0.2, 0) is 4.79 Å². The normalized spacial score (nSPS) is 17.9. The van der Waals surface area contributed by atoms with E-state index >= 15 is 0 Å². The number of carbonyl (C=O) groups excluding carboxylic acids is 1. The SMILES string of the molecule is CCN1C(=O)/C(=C/c2ccccc2O)SC1=Nc1cccnc1Cl. The molecule has 0 unspecified atom stereocenters. The fraction of sp³-hybridized carbons (Fsp3) is 0.118. The zero-order chi connectivity index (χ0) is 17.1. The summed E-state index contributed by atoms with van der Waals surface area (Å²) in [6.07, 6.45) is 3.25. The molecule has 0 bridgehead atoms. The molecule has 24 heavy (non-hydrogen) atoms. The maximum atomic E-state index is 12.6. The molecule has 0 spiro atoms. The van der Waals surface area contributed by atoms with Gasteiger partial charge in [0.1, 0.15) is 11.4 Å². The molecule has 1 aromatic carbocycles. The highest BCUT2D eigenvalue weighted by Gasteiger charge is 2.32. The maximum Gasteiger partial charge on any atom is 0.266 e.